The lowest BCUT2D eigenvalue weighted by Gasteiger charge is -2.14. The van der Waals surface area contributed by atoms with E-state index in [-0.39, 0.29) is 18.0 Å². The molecule has 0 aliphatic heterocycles. The third-order valence-electron chi connectivity index (χ3n) is 2.94. The number of rotatable bonds is 4. The van der Waals surface area contributed by atoms with Gasteiger partial charge in [0.15, 0.2) is 0 Å². The molecule has 0 atom stereocenters. The second-order valence-corrected chi connectivity index (χ2v) is 5.52. The van der Waals surface area contributed by atoms with Crippen LogP contribution >= 0.6 is 15.9 Å². The number of carbonyl (C=O) groups is 1. The Kier molecular flexibility index (Phi) is 5.30. The number of ether oxygens (including phenoxy) is 1. The standard InChI is InChI=1S/C16H13BrF3NO2/c1-2-23-14-7-6-11(16(18,19)20)9-13(14)21-15(22)10-4-3-5-12(17)8-10/h3-9H,2H2,1H3,(H,21,22). The predicted octanol–water partition coefficient (Wildman–Crippen LogP) is 5.12. The first kappa shape index (κ1) is 17.3. The zero-order valence-corrected chi connectivity index (χ0v) is 13.7. The van der Waals surface area contributed by atoms with Crippen molar-refractivity contribution in [1.82, 2.24) is 0 Å². The Morgan fingerprint density at radius 3 is 2.57 bits per heavy atom. The highest BCUT2D eigenvalue weighted by Crippen LogP contribution is 2.35. The zero-order valence-electron chi connectivity index (χ0n) is 12.1. The second-order valence-electron chi connectivity index (χ2n) is 4.61. The number of anilines is 1. The van der Waals surface area contributed by atoms with Crippen LogP contribution in [0.3, 0.4) is 0 Å². The van der Waals surface area contributed by atoms with Crippen molar-refractivity contribution in [3.8, 4) is 5.75 Å². The van der Waals surface area contributed by atoms with E-state index in [2.05, 4.69) is 21.2 Å². The van der Waals surface area contributed by atoms with E-state index in [1.807, 2.05) is 0 Å². The number of hydrogen-bond donors (Lipinski definition) is 1. The molecule has 0 unspecified atom stereocenters. The highest BCUT2D eigenvalue weighted by atomic mass is 79.9. The van der Waals surface area contributed by atoms with Crippen LogP contribution in [0, 0.1) is 0 Å². The van der Waals surface area contributed by atoms with Crippen LogP contribution in [0.4, 0.5) is 18.9 Å². The number of nitrogens with one attached hydrogen (secondary N) is 1. The van der Waals surface area contributed by atoms with Crippen LogP contribution in [0.1, 0.15) is 22.8 Å². The highest BCUT2D eigenvalue weighted by Gasteiger charge is 2.31. The minimum Gasteiger partial charge on any atom is -0.492 e. The van der Waals surface area contributed by atoms with E-state index >= 15 is 0 Å². The fraction of sp³-hybridized carbons (Fsp3) is 0.188. The fourth-order valence-electron chi connectivity index (χ4n) is 1.91. The number of halogens is 4. The maximum absolute atomic E-state index is 12.8. The molecule has 0 saturated heterocycles. The van der Waals surface area contributed by atoms with Crippen LogP contribution in [0.25, 0.3) is 0 Å². The molecule has 1 amide bonds. The Labute approximate surface area is 139 Å². The van der Waals surface area contributed by atoms with Gasteiger partial charge in [0.25, 0.3) is 5.91 Å². The molecule has 3 nitrogen and oxygen atoms in total. The summed E-state index contributed by atoms with van der Waals surface area (Å²) in [6, 6.07) is 9.52. The number of hydrogen-bond acceptors (Lipinski definition) is 2. The first-order valence-electron chi connectivity index (χ1n) is 6.72. The Morgan fingerprint density at radius 1 is 1.22 bits per heavy atom. The van der Waals surface area contributed by atoms with E-state index in [1.54, 1.807) is 31.2 Å². The van der Waals surface area contributed by atoms with Gasteiger partial charge in [-0.2, -0.15) is 13.2 Å². The molecule has 0 radical (unpaired) electrons. The molecule has 23 heavy (non-hydrogen) atoms. The lowest BCUT2D eigenvalue weighted by atomic mass is 10.1. The Bertz CT molecular complexity index is 717. The topological polar surface area (TPSA) is 38.3 Å². The van der Waals surface area contributed by atoms with E-state index in [9.17, 15) is 18.0 Å². The molecule has 0 aromatic heterocycles. The van der Waals surface area contributed by atoms with E-state index < -0.39 is 17.6 Å². The van der Waals surface area contributed by atoms with Gasteiger partial charge in [0.1, 0.15) is 5.75 Å². The average molecular weight is 388 g/mol. The zero-order chi connectivity index (χ0) is 17.0. The van der Waals surface area contributed by atoms with Gasteiger partial charge in [-0.1, -0.05) is 22.0 Å². The summed E-state index contributed by atoms with van der Waals surface area (Å²) < 4.78 is 44.5. The van der Waals surface area contributed by atoms with E-state index in [0.29, 0.717) is 10.0 Å². The lowest BCUT2D eigenvalue weighted by molar-refractivity contribution is -0.137. The first-order chi connectivity index (χ1) is 10.8. The lowest BCUT2D eigenvalue weighted by Crippen LogP contribution is -2.14. The summed E-state index contributed by atoms with van der Waals surface area (Å²) in [6.07, 6.45) is -4.50. The number of benzene rings is 2. The van der Waals surface area contributed by atoms with Crippen molar-refractivity contribution in [3.63, 3.8) is 0 Å². The molecule has 0 aliphatic carbocycles. The van der Waals surface area contributed by atoms with Crippen LogP contribution in [0.5, 0.6) is 5.75 Å². The summed E-state index contributed by atoms with van der Waals surface area (Å²) >= 11 is 3.24. The van der Waals surface area contributed by atoms with Gasteiger partial charge in [0.2, 0.25) is 0 Å². The summed E-state index contributed by atoms with van der Waals surface area (Å²) in [5.41, 5.74) is -0.559. The highest BCUT2D eigenvalue weighted by molar-refractivity contribution is 9.10. The third kappa shape index (κ3) is 4.48. The summed E-state index contributed by atoms with van der Waals surface area (Å²) in [5, 5.41) is 2.47. The molecule has 2 aromatic carbocycles. The van der Waals surface area contributed by atoms with Crippen LogP contribution < -0.4 is 10.1 Å². The minimum atomic E-state index is -4.50. The fourth-order valence-corrected chi connectivity index (χ4v) is 2.31. The van der Waals surface area contributed by atoms with Crippen LogP contribution in [0.15, 0.2) is 46.9 Å². The third-order valence-corrected chi connectivity index (χ3v) is 3.43. The summed E-state index contributed by atoms with van der Waals surface area (Å²) in [4.78, 5) is 12.2. The Hall–Kier alpha value is -2.02. The summed E-state index contributed by atoms with van der Waals surface area (Å²) in [6.45, 7) is 1.97. The number of amides is 1. The first-order valence-corrected chi connectivity index (χ1v) is 7.51. The van der Waals surface area contributed by atoms with Gasteiger partial charge in [-0.05, 0) is 43.3 Å². The van der Waals surface area contributed by atoms with Gasteiger partial charge >= 0.3 is 6.18 Å². The van der Waals surface area contributed by atoms with Crippen molar-refractivity contribution >= 4 is 27.5 Å². The monoisotopic (exact) mass is 387 g/mol. The maximum Gasteiger partial charge on any atom is 0.416 e. The van der Waals surface area contributed by atoms with Gasteiger partial charge < -0.3 is 10.1 Å². The second kappa shape index (κ2) is 7.04. The Balaban J connectivity index is 2.34. The van der Waals surface area contributed by atoms with Gasteiger partial charge in [-0.25, -0.2) is 0 Å². The average Bonchev–Trinajstić information content (AvgIpc) is 2.48. The summed E-state index contributed by atoms with van der Waals surface area (Å²) in [5.74, 6) is -0.338. The molecule has 122 valence electrons. The van der Waals surface area contributed by atoms with Crippen molar-refractivity contribution in [3.05, 3.63) is 58.1 Å². The van der Waals surface area contributed by atoms with Crippen molar-refractivity contribution in [2.75, 3.05) is 11.9 Å². The smallest absolute Gasteiger partial charge is 0.416 e. The van der Waals surface area contributed by atoms with Crippen LogP contribution in [-0.4, -0.2) is 12.5 Å². The van der Waals surface area contributed by atoms with Crippen LogP contribution in [0.2, 0.25) is 0 Å². The quantitative estimate of drug-likeness (QED) is 0.790. The Morgan fingerprint density at radius 2 is 1.96 bits per heavy atom. The molecule has 0 aliphatic rings. The normalized spacial score (nSPS) is 11.2. The van der Waals surface area contributed by atoms with Crippen molar-refractivity contribution in [1.29, 1.82) is 0 Å². The summed E-state index contributed by atoms with van der Waals surface area (Å²) in [7, 11) is 0. The predicted molar refractivity (Wildman–Crippen MR) is 84.7 cm³/mol. The minimum absolute atomic E-state index is 0.0216. The number of carbonyl (C=O) groups excluding carboxylic acids is 1. The SMILES string of the molecule is CCOc1ccc(C(F)(F)F)cc1NC(=O)c1cccc(Br)c1. The van der Waals surface area contributed by atoms with Crippen LogP contribution in [-0.2, 0) is 6.18 Å². The van der Waals surface area contributed by atoms with E-state index in [1.165, 1.54) is 6.07 Å². The van der Waals surface area contributed by atoms with Gasteiger partial charge in [-0.15, -0.1) is 0 Å². The van der Waals surface area contributed by atoms with Crippen molar-refractivity contribution in [2.45, 2.75) is 13.1 Å². The molecule has 1 N–H and O–H groups in total. The largest absolute Gasteiger partial charge is 0.492 e. The molecule has 0 heterocycles. The van der Waals surface area contributed by atoms with Gasteiger partial charge in [0, 0.05) is 10.0 Å². The van der Waals surface area contributed by atoms with Gasteiger partial charge in [0.05, 0.1) is 17.9 Å². The molecule has 2 aromatic rings. The molecule has 7 heteroatoms. The molecule has 0 fully saturated rings. The van der Waals surface area contributed by atoms with Crippen molar-refractivity contribution < 1.29 is 22.7 Å². The van der Waals surface area contributed by atoms with Crippen molar-refractivity contribution in [2.24, 2.45) is 0 Å². The molecule has 0 spiro atoms. The molecular weight excluding hydrogens is 375 g/mol. The van der Waals surface area contributed by atoms with E-state index in [4.69, 9.17) is 4.74 Å². The molecule has 2 rings (SSSR count). The molecule has 0 bridgehead atoms. The molecule has 0 saturated carbocycles. The van der Waals surface area contributed by atoms with E-state index in [0.717, 1.165) is 12.1 Å². The molecular formula is C16H13BrF3NO2. The number of alkyl halides is 3. The maximum atomic E-state index is 12.8. The van der Waals surface area contributed by atoms with Gasteiger partial charge in [-0.3, -0.25) is 4.79 Å².